The highest BCUT2D eigenvalue weighted by Crippen LogP contribution is 2.35. The maximum atomic E-state index is 6.11. The molecule has 1 heterocycles. The van der Waals surface area contributed by atoms with Crippen molar-refractivity contribution >= 4 is 44.9 Å². The third-order valence-corrected chi connectivity index (χ3v) is 4.03. The van der Waals surface area contributed by atoms with Crippen molar-refractivity contribution in [1.82, 2.24) is 9.97 Å². The summed E-state index contributed by atoms with van der Waals surface area (Å²) in [6, 6.07) is 3.70. The third kappa shape index (κ3) is 3.57. The number of hydrogen-bond acceptors (Lipinski definition) is 5. The summed E-state index contributed by atoms with van der Waals surface area (Å²) < 4.78 is 6.11. The van der Waals surface area contributed by atoms with E-state index in [0.717, 1.165) is 28.1 Å². The van der Waals surface area contributed by atoms with Gasteiger partial charge in [-0.05, 0) is 41.4 Å². The van der Waals surface area contributed by atoms with E-state index in [0.29, 0.717) is 16.6 Å². The zero-order chi connectivity index (χ0) is 15.4. The molecule has 0 saturated heterocycles. The van der Waals surface area contributed by atoms with Gasteiger partial charge in [0.2, 0.25) is 0 Å². The summed E-state index contributed by atoms with van der Waals surface area (Å²) in [4.78, 5) is 8.43. The van der Waals surface area contributed by atoms with Crippen LogP contribution in [0.25, 0.3) is 0 Å². The van der Waals surface area contributed by atoms with Gasteiger partial charge >= 0.3 is 0 Å². The van der Waals surface area contributed by atoms with Crippen LogP contribution in [0.1, 0.15) is 12.5 Å². The van der Waals surface area contributed by atoms with Gasteiger partial charge in [-0.2, -0.15) is 0 Å². The fourth-order valence-electron chi connectivity index (χ4n) is 1.81. The molecule has 0 spiro atoms. The predicted molar refractivity (Wildman–Crippen MR) is 89.9 cm³/mol. The lowest BCUT2D eigenvalue weighted by Gasteiger charge is -2.14. The number of hydrogen-bond donors (Lipinski definition) is 2. The molecule has 2 rings (SSSR count). The van der Waals surface area contributed by atoms with Crippen LogP contribution in [0.15, 0.2) is 22.9 Å². The molecule has 21 heavy (non-hydrogen) atoms. The molecule has 0 saturated carbocycles. The summed E-state index contributed by atoms with van der Waals surface area (Å²) in [5.74, 6) is 2.04. The molecule has 0 aliphatic heterocycles. The second-order valence-electron chi connectivity index (χ2n) is 4.34. The topological polar surface area (TPSA) is 59.1 Å². The minimum absolute atomic E-state index is 0.654. The van der Waals surface area contributed by atoms with Crippen molar-refractivity contribution in [2.75, 3.05) is 24.3 Å². The van der Waals surface area contributed by atoms with E-state index in [1.54, 1.807) is 13.2 Å². The quantitative estimate of drug-likeness (QED) is 0.816. The van der Waals surface area contributed by atoms with Crippen molar-refractivity contribution < 1.29 is 4.74 Å². The molecule has 112 valence electrons. The highest BCUT2D eigenvalue weighted by atomic mass is 79.9. The Morgan fingerprint density at radius 1 is 1.29 bits per heavy atom. The van der Waals surface area contributed by atoms with E-state index >= 15 is 0 Å². The minimum atomic E-state index is 0.654. The van der Waals surface area contributed by atoms with Crippen LogP contribution in [0.5, 0.6) is 5.75 Å². The Labute approximate surface area is 137 Å². The normalized spacial score (nSPS) is 10.3. The summed E-state index contributed by atoms with van der Waals surface area (Å²) in [6.07, 6.45) is 1.50. The van der Waals surface area contributed by atoms with Crippen LogP contribution in [0.2, 0.25) is 5.02 Å². The van der Waals surface area contributed by atoms with Gasteiger partial charge in [-0.15, -0.1) is 0 Å². The number of ether oxygens (including phenoxy) is 1. The van der Waals surface area contributed by atoms with Crippen molar-refractivity contribution in [2.24, 2.45) is 0 Å². The molecule has 2 N–H and O–H groups in total. The summed E-state index contributed by atoms with van der Waals surface area (Å²) in [6.45, 7) is 4.72. The van der Waals surface area contributed by atoms with E-state index in [9.17, 15) is 0 Å². The van der Waals surface area contributed by atoms with Gasteiger partial charge in [0.25, 0.3) is 0 Å². The van der Waals surface area contributed by atoms with Crippen molar-refractivity contribution in [3.63, 3.8) is 0 Å². The zero-order valence-electron chi connectivity index (χ0n) is 12.0. The SMILES string of the molecule is CCNc1ncnc(Nc2cc(C)c(Cl)cc2OC)c1Br. The molecule has 0 bridgehead atoms. The van der Waals surface area contributed by atoms with Crippen LogP contribution < -0.4 is 15.4 Å². The van der Waals surface area contributed by atoms with Gasteiger partial charge < -0.3 is 15.4 Å². The van der Waals surface area contributed by atoms with Gasteiger partial charge in [-0.3, -0.25) is 0 Å². The molecule has 0 radical (unpaired) electrons. The van der Waals surface area contributed by atoms with Crippen molar-refractivity contribution in [3.05, 3.63) is 33.5 Å². The average molecular weight is 372 g/mol. The fraction of sp³-hybridized carbons (Fsp3) is 0.286. The smallest absolute Gasteiger partial charge is 0.150 e. The molecule has 7 heteroatoms. The van der Waals surface area contributed by atoms with Gasteiger partial charge in [-0.1, -0.05) is 11.6 Å². The molecule has 0 aliphatic rings. The van der Waals surface area contributed by atoms with Gasteiger partial charge in [0.05, 0.1) is 12.8 Å². The van der Waals surface area contributed by atoms with Crippen molar-refractivity contribution in [3.8, 4) is 5.75 Å². The van der Waals surface area contributed by atoms with Crippen LogP contribution in [-0.4, -0.2) is 23.6 Å². The maximum absolute atomic E-state index is 6.11. The Hall–Kier alpha value is -1.53. The molecule has 0 unspecified atom stereocenters. The van der Waals surface area contributed by atoms with E-state index in [4.69, 9.17) is 16.3 Å². The fourth-order valence-corrected chi connectivity index (χ4v) is 2.40. The van der Waals surface area contributed by atoms with Crippen LogP contribution in [-0.2, 0) is 0 Å². The first-order valence-electron chi connectivity index (χ1n) is 6.42. The number of anilines is 3. The van der Waals surface area contributed by atoms with E-state index in [1.807, 2.05) is 19.9 Å². The second kappa shape index (κ2) is 6.95. The number of benzene rings is 1. The number of rotatable bonds is 5. The lowest BCUT2D eigenvalue weighted by atomic mass is 10.2. The summed E-state index contributed by atoms with van der Waals surface area (Å²) in [5.41, 5.74) is 1.75. The molecular formula is C14H16BrClN4O. The minimum Gasteiger partial charge on any atom is -0.495 e. The third-order valence-electron chi connectivity index (χ3n) is 2.87. The monoisotopic (exact) mass is 370 g/mol. The molecule has 0 fully saturated rings. The lowest BCUT2D eigenvalue weighted by molar-refractivity contribution is 0.416. The molecule has 0 atom stereocenters. The van der Waals surface area contributed by atoms with Crippen LogP contribution in [0, 0.1) is 6.92 Å². The zero-order valence-corrected chi connectivity index (χ0v) is 14.3. The lowest BCUT2D eigenvalue weighted by Crippen LogP contribution is -2.04. The van der Waals surface area contributed by atoms with Crippen LogP contribution >= 0.6 is 27.5 Å². The number of halogens is 2. The van der Waals surface area contributed by atoms with Crippen LogP contribution in [0.4, 0.5) is 17.3 Å². The summed E-state index contributed by atoms with van der Waals surface area (Å²) in [5, 5.41) is 7.06. The van der Waals surface area contributed by atoms with Gasteiger partial charge in [0, 0.05) is 17.6 Å². The van der Waals surface area contributed by atoms with Crippen molar-refractivity contribution in [2.45, 2.75) is 13.8 Å². The summed E-state index contributed by atoms with van der Waals surface area (Å²) >= 11 is 9.61. The molecule has 0 amide bonds. The molecule has 1 aromatic carbocycles. The molecule has 1 aromatic heterocycles. The average Bonchev–Trinajstić information content (AvgIpc) is 2.47. The van der Waals surface area contributed by atoms with E-state index < -0.39 is 0 Å². The first-order chi connectivity index (χ1) is 10.1. The highest BCUT2D eigenvalue weighted by molar-refractivity contribution is 9.10. The Bertz CT molecular complexity index is 651. The Morgan fingerprint density at radius 3 is 2.67 bits per heavy atom. The standard InChI is InChI=1S/C14H16BrClN4O/c1-4-17-13-12(15)14(19-7-18-13)20-10-5-8(2)9(16)6-11(10)21-3/h5-7H,4H2,1-3H3,(H2,17,18,19,20). The molecule has 0 aliphatic carbocycles. The maximum Gasteiger partial charge on any atom is 0.150 e. The Morgan fingerprint density at radius 2 is 2.00 bits per heavy atom. The van der Waals surface area contributed by atoms with Gasteiger partial charge in [0.15, 0.2) is 0 Å². The molecule has 5 nitrogen and oxygen atoms in total. The molecular weight excluding hydrogens is 356 g/mol. The van der Waals surface area contributed by atoms with Crippen LogP contribution in [0.3, 0.4) is 0 Å². The number of nitrogens with zero attached hydrogens (tertiary/aromatic N) is 2. The van der Waals surface area contributed by atoms with Gasteiger partial charge in [-0.25, -0.2) is 9.97 Å². The Kier molecular flexibility index (Phi) is 5.25. The van der Waals surface area contributed by atoms with E-state index in [1.165, 1.54) is 6.33 Å². The van der Waals surface area contributed by atoms with Crippen molar-refractivity contribution in [1.29, 1.82) is 0 Å². The first kappa shape index (κ1) is 15.9. The first-order valence-corrected chi connectivity index (χ1v) is 7.59. The second-order valence-corrected chi connectivity index (χ2v) is 5.54. The van der Waals surface area contributed by atoms with Gasteiger partial charge in [0.1, 0.15) is 28.2 Å². The highest BCUT2D eigenvalue weighted by Gasteiger charge is 2.12. The van der Waals surface area contributed by atoms with E-state index in [2.05, 4.69) is 36.5 Å². The number of aryl methyl sites for hydroxylation is 1. The predicted octanol–water partition coefficient (Wildman–Crippen LogP) is 4.38. The largest absolute Gasteiger partial charge is 0.495 e. The number of aromatic nitrogens is 2. The number of nitrogens with one attached hydrogen (secondary N) is 2. The number of methoxy groups -OCH3 is 1. The van der Waals surface area contributed by atoms with E-state index in [-0.39, 0.29) is 0 Å². The Balaban J connectivity index is 2.38. The molecule has 2 aromatic rings. The summed E-state index contributed by atoms with van der Waals surface area (Å²) in [7, 11) is 1.60.